The van der Waals surface area contributed by atoms with Crippen molar-refractivity contribution >= 4 is 16.8 Å². The zero-order valence-electron chi connectivity index (χ0n) is 9.72. The van der Waals surface area contributed by atoms with Crippen molar-refractivity contribution in [3.05, 3.63) is 34.7 Å². The Morgan fingerprint density at radius 3 is 2.59 bits per heavy atom. The number of aryl methyl sites for hydroxylation is 1. The number of para-hydroxylation sites is 2. The van der Waals surface area contributed by atoms with E-state index in [1.54, 1.807) is 16.2 Å². The first-order valence-corrected chi connectivity index (χ1v) is 5.85. The molecule has 3 rings (SSSR count). The lowest BCUT2D eigenvalue weighted by Gasteiger charge is -2.00. The van der Waals surface area contributed by atoms with Crippen molar-refractivity contribution in [2.24, 2.45) is 13.0 Å². The summed E-state index contributed by atoms with van der Waals surface area (Å²) in [5.74, 6) is 0.379. The van der Waals surface area contributed by atoms with Crippen molar-refractivity contribution < 1.29 is 4.79 Å². The molecule has 0 bridgehead atoms. The molecule has 1 saturated carbocycles. The number of rotatable bonds is 3. The molecule has 88 valence electrons. The number of carbonyl (C=O) groups excluding carboxylic acids is 1. The average Bonchev–Trinajstić information content (AvgIpc) is 3.15. The van der Waals surface area contributed by atoms with E-state index in [9.17, 15) is 9.59 Å². The predicted octanol–water partition coefficient (Wildman–Crippen LogP) is 1.32. The fourth-order valence-corrected chi connectivity index (χ4v) is 2.21. The van der Waals surface area contributed by atoms with Gasteiger partial charge in [-0.1, -0.05) is 12.1 Å². The van der Waals surface area contributed by atoms with Gasteiger partial charge in [0.15, 0.2) is 5.78 Å². The van der Waals surface area contributed by atoms with E-state index in [0.29, 0.717) is 0 Å². The zero-order chi connectivity index (χ0) is 12.0. The fraction of sp³-hybridized carbons (Fsp3) is 0.385. The highest BCUT2D eigenvalue weighted by Crippen LogP contribution is 2.30. The van der Waals surface area contributed by atoms with E-state index >= 15 is 0 Å². The highest BCUT2D eigenvalue weighted by atomic mass is 16.2. The maximum atomic E-state index is 12.0. The molecule has 4 heteroatoms. The summed E-state index contributed by atoms with van der Waals surface area (Å²) in [5, 5.41) is 0. The summed E-state index contributed by atoms with van der Waals surface area (Å²) in [4.78, 5) is 23.9. The number of aromatic nitrogens is 2. The maximum absolute atomic E-state index is 12.0. The van der Waals surface area contributed by atoms with Gasteiger partial charge in [-0.2, -0.15) is 0 Å². The summed E-state index contributed by atoms with van der Waals surface area (Å²) in [6.45, 7) is 0.213. The van der Waals surface area contributed by atoms with Gasteiger partial charge in [-0.15, -0.1) is 0 Å². The Morgan fingerprint density at radius 1 is 1.29 bits per heavy atom. The number of nitrogens with zero attached hydrogens (tertiary/aromatic N) is 2. The Bertz CT molecular complexity index is 647. The molecule has 0 N–H and O–H groups in total. The third kappa shape index (κ3) is 1.60. The van der Waals surface area contributed by atoms with Crippen molar-refractivity contribution in [1.82, 2.24) is 9.13 Å². The molecule has 0 saturated heterocycles. The largest absolute Gasteiger partial charge is 0.329 e. The molecule has 1 aliphatic rings. The highest BCUT2D eigenvalue weighted by molar-refractivity contribution is 5.85. The minimum absolute atomic E-state index is 0.111. The van der Waals surface area contributed by atoms with Gasteiger partial charge >= 0.3 is 5.69 Å². The number of carbonyl (C=O) groups is 1. The van der Waals surface area contributed by atoms with Crippen LogP contribution in [0.25, 0.3) is 11.0 Å². The van der Waals surface area contributed by atoms with Gasteiger partial charge in [0, 0.05) is 13.0 Å². The summed E-state index contributed by atoms with van der Waals surface area (Å²) >= 11 is 0. The molecule has 0 atom stereocenters. The summed E-state index contributed by atoms with van der Waals surface area (Å²) in [5.41, 5.74) is 1.61. The molecule has 1 aromatic carbocycles. The Morgan fingerprint density at radius 2 is 1.94 bits per heavy atom. The first kappa shape index (κ1) is 10.3. The molecule has 1 aromatic heterocycles. The second-order valence-electron chi connectivity index (χ2n) is 4.66. The smallest absolute Gasteiger partial charge is 0.297 e. The number of imidazole rings is 1. The van der Waals surface area contributed by atoms with E-state index in [2.05, 4.69) is 0 Å². The van der Waals surface area contributed by atoms with Crippen LogP contribution in [-0.2, 0) is 18.4 Å². The van der Waals surface area contributed by atoms with E-state index in [1.165, 1.54) is 0 Å². The van der Waals surface area contributed by atoms with E-state index in [0.717, 1.165) is 23.9 Å². The van der Waals surface area contributed by atoms with E-state index in [-0.39, 0.29) is 23.9 Å². The quantitative estimate of drug-likeness (QED) is 0.798. The van der Waals surface area contributed by atoms with E-state index < -0.39 is 0 Å². The molecular weight excluding hydrogens is 216 g/mol. The molecule has 0 radical (unpaired) electrons. The van der Waals surface area contributed by atoms with Crippen LogP contribution in [0.5, 0.6) is 0 Å². The first-order valence-electron chi connectivity index (χ1n) is 5.85. The van der Waals surface area contributed by atoms with Crippen LogP contribution in [0.1, 0.15) is 12.8 Å². The molecule has 0 spiro atoms. The third-order valence-corrected chi connectivity index (χ3v) is 3.40. The van der Waals surface area contributed by atoms with Crippen LogP contribution < -0.4 is 5.69 Å². The van der Waals surface area contributed by atoms with Crippen LogP contribution in [-0.4, -0.2) is 14.9 Å². The molecule has 2 aromatic rings. The topological polar surface area (TPSA) is 44.0 Å². The number of Topliss-reactive ketones (excluding diaryl/α,β-unsaturated/α-hetero) is 1. The van der Waals surface area contributed by atoms with Crippen molar-refractivity contribution in [2.45, 2.75) is 19.4 Å². The molecule has 0 aliphatic heterocycles. The number of fused-ring (bicyclic) bond motifs is 1. The number of benzene rings is 1. The molecule has 1 aliphatic carbocycles. The summed E-state index contributed by atoms with van der Waals surface area (Å²) in [7, 11) is 1.74. The summed E-state index contributed by atoms with van der Waals surface area (Å²) in [6.07, 6.45) is 1.97. The maximum Gasteiger partial charge on any atom is 0.329 e. The first-order chi connectivity index (χ1) is 8.18. The normalized spacial score (nSPS) is 15.4. The lowest BCUT2D eigenvalue weighted by atomic mass is 10.2. The van der Waals surface area contributed by atoms with Crippen molar-refractivity contribution in [1.29, 1.82) is 0 Å². The fourth-order valence-electron chi connectivity index (χ4n) is 2.21. The van der Waals surface area contributed by atoms with Gasteiger partial charge in [0.2, 0.25) is 0 Å². The van der Waals surface area contributed by atoms with Crippen LogP contribution in [0.3, 0.4) is 0 Å². The predicted molar refractivity (Wildman–Crippen MR) is 64.9 cm³/mol. The summed E-state index contributed by atoms with van der Waals surface area (Å²) in [6, 6.07) is 7.57. The SMILES string of the molecule is Cn1c(=O)n(CC(=O)C2CC2)c2ccccc21. The van der Waals surface area contributed by atoms with Crippen molar-refractivity contribution in [3.8, 4) is 0 Å². The van der Waals surface area contributed by atoms with Crippen LogP contribution >= 0.6 is 0 Å². The minimum Gasteiger partial charge on any atom is -0.297 e. The number of hydrogen-bond donors (Lipinski definition) is 0. The lowest BCUT2D eigenvalue weighted by molar-refractivity contribution is -0.120. The van der Waals surface area contributed by atoms with Crippen LogP contribution in [0.4, 0.5) is 0 Å². The van der Waals surface area contributed by atoms with Gasteiger partial charge in [-0.05, 0) is 25.0 Å². The third-order valence-electron chi connectivity index (χ3n) is 3.40. The number of ketones is 1. The van der Waals surface area contributed by atoms with Gasteiger partial charge < -0.3 is 0 Å². The van der Waals surface area contributed by atoms with Gasteiger partial charge in [0.05, 0.1) is 17.6 Å². The van der Waals surface area contributed by atoms with Gasteiger partial charge in [0.1, 0.15) is 0 Å². The Balaban J connectivity index is 2.11. The second kappa shape index (κ2) is 3.58. The standard InChI is InChI=1S/C13H14N2O2/c1-14-10-4-2-3-5-11(10)15(13(14)17)8-12(16)9-6-7-9/h2-5,9H,6-8H2,1H3. The van der Waals surface area contributed by atoms with Gasteiger partial charge in [0.25, 0.3) is 0 Å². The van der Waals surface area contributed by atoms with Crippen LogP contribution in [0.15, 0.2) is 29.1 Å². The minimum atomic E-state index is -0.111. The molecule has 0 unspecified atom stereocenters. The average molecular weight is 230 g/mol. The monoisotopic (exact) mass is 230 g/mol. The van der Waals surface area contributed by atoms with Crippen molar-refractivity contribution in [2.75, 3.05) is 0 Å². The molecular formula is C13H14N2O2. The van der Waals surface area contributed by atoms with Crippen molar-refractivity contribution in [3.63, 3.8) is 0 Å². The molecule has 4 nitrogen and oxygen atoms in total. The molecule has 1 fully saturated rings. The highest BCUT2D eigenvalue weighted by Gasteiger charge is 2.30. The Kier molecular flexibility index (Phi) is 2.18. The zero-order valence-corrected chi connectivity index (χ0v) is 9.72. The second-order valence-corrected chi connectivity index (χ2v) is 4.66. The van der Waals surface area contributed by atoms with Gasteiger partial charge in [-0.25, -0.2) is 4.79 Å². The van der Waals surface area contributed by atoms with E-state index in [4.69, 9.17) is 0 Å². The van der Waals surface area contributed by atoms with Gasteiger partial charge in [-0.3, -0.25) is 13.9 Å². The molecule has 0 amide bonds. The number of hydrogen-bond acceptors (Lipinski definition) is 2. The van der Waals surface area contributed by atoms with E-state index in [1.807, 2.05) is 24.3 Å². The lowest BCUT2D eigenvalue weighted by Crippen LogP contribution is -2.26. The van der Waals surface area contributed by atoms with Crippen LogP contribution in [0, 0.1) is 5.92 Å². The van der Waals surface area contributed by atoms with Crippen LogP contribution in [0.2, 0.25) is 0 Å². The Hall–Kier alpha value is -1.84. The Labute approximate surface area is 98.5 Å². The molecule has 17 heavy (non-hydrogen) atoms. The molecule has 1 heterocycles. The summed E-state index contributed by atoms with van der Waals surface area (Å²) < 4.78 is 3.17.